The van der Waals surface area contributed by atoms with Crippen molar-refractivity contribution in [1.29, 1.82) is 0 Å². The van der Waals surface area contributed by atoms with Gasteiger partial charge in [-0.15, -0.1) is 0 Å². The quantitative estimate of drug-likeness (QED) is 0.192. The summed E-state index contributed by atoms with van der Waals surface area (Å²) in [6, 6.07) is 37.9. The van der Waals surface area contributed by atoms with Gasteiger partial charge in [0.05, 0.1) is 17.1 Å². The first kappa shape index (κ1) is 25.4. The number of carbonyl (C=O) groups excluding carboxylic acids is 1. The minimum Gasteiger partial charge on any atom is -0.486 e. The number of benzene rings is 4. The van der Waals surface area contributed by atoms with Crippen LogP contribution in [0.25, 0.3) is 11.0 Å². The SMILES string of the molecule is CCCC(C(=O)n1c(COc2ccccc2)nc2ccccc21)N(Cc1ccccc1)Cc1ccccc1. The molecule has 0 aliphatic carbocycles. The number of ether oxygens (including phenoxy) is 1. The molecule has 0 bridgehead atoms. The zero-order valence-electron chi connectivity index (χ0n) is 21.7. The minimum atomic E-state index is -0.325. The molecular formula is C33H33N3O2. The lowest BCUT2D eigenvalue weighted by Gasteiger charge is -2.31. The highest BCUT2D eigenvalue weighted by molar-refractivity contribution is 5.94. The van der Waals surface area contributed by atoms with E-state index in [2.05, 4.69) is 60.4 Å². The summed E-state index contributed by atoms with van der Waals surface area (Å²) in [6.45, 7) is 3.69. The molecule has 5 heteroatoms. The fourth-order valence-electron chi connectivity index (χ4n) is 4.88. The van der Waals surface area contributed by atoms with Gasteiger partial charge in [-0.25, -0.2) is 4.98 Å². The molecule has 38 heavy (non-hydrogen) atoms. The van der Waals surface area contributed by atoms with Crippen LogP contribution in [0.4, 0.5) is 0 Å². The van der Waals surface area contributed by atoms with Gasteiger partial charge in [-0.05, 0) is 41.8 Å². The van der Waals surface area contributed by atoms with E-state index in [1.165, 1.54) is 11.1 Å². The lowest BCUT2D eigenvalue weighted by Crippen LogP contribution is -2.43. The summed E-state index contributed by atoms with van der Waals surface area (Å²) in [4.78, 5) is 21.6. The van der Waals surface area contributed by atoms with Gasteiger partial charge in [0, 0.05) is 13.1 Å². The van der Waals surface area contributed by atoms with Crippen molar-refractivity contribution in [3.05, 3.63) is 132 Å². The Morgan fingerprint density at radius 2 is 1.34 bits per heavy atom. The summed E-state index contributed by atoms with van der Waals surface area (Å²) in [5.74, 6) is 1.39. The topological polar surface area (TPSA) is 47.4 Å². The van der Waals surface area contributed by atoms with Crippen LogP contribution < -0.4 is 4.74 Å². The van der Waals surface area contributed by atoms with Crippen LogP contribution in [-0.2, 0) is 19.7 Å². The van der Waals surface area contributed by atoms with Gasteiger partial charge in [-0.3, -0.25) is 14.3 Å². The molecule has 1 heterocycles. The maximum atomic E-state index is 14.5. The Balaban J connectivity index is 1.52. The molecule has 192 valence electrons. The molecule has 1 atom stereocenters. The predicted molar refractivity (Wildman–Crippen MR) is 152 cm³/mol. The summed E-state index contributed by atoms with van der Waals surface area (Å²) in [7, 11) is 0. The molecule has 0 N–H and O–H groups in total. The van der Waals surface area contributed by atoms with E-state index in [1.807, 2.05) is 66.7 Å². The Bertz CT molecular complexity index is 1410. The van der Waals surface area contributed by atoms with Crippen LogP contribution in [0.3, 0.4) is 0 Å². The second kappa shape index (κ2) is 12.3. The van der Waals surface area contributed by atoms with E-state index < -0.39 is 0 Å². The fraction of sp³-hybridized carbons (Fsp3) is 0.212. The molecule has 1 aromatic heterocycles. The van der Waals surface area contributed by atoms with Gasteiger partial charge in [0.1, 0.15) is 12.4 Å². The number of rotatable bonds is 11. The van der Waals surface area contributed by atoms with Crippen LogP contribution >= 0.6 is 0 Å². The van der Waals surface area contributed by atoms with Gasteiger partial charge < -0.3 is 4.74 Å². The largest absolute Gasteiger partial charge is 0.486 e. The summed E-state index contributed by atoms with van der Waals surface area (Å²) < 4.78 is 7.83. The second-order valence-corrected chi connectivity index (χ2v) is 9.47. The molecule has 0 saturated carbocycles. The Morgan fingerprint density at radius 3 is 1.95 bits per heavy atom. The third-order valence-corrected chi connectivity index (χ3v) is 6.71. The zero-order valence-corrected chi connectivity index (χ0v) is 21.7. The monoisotopic (exact) mass is 503 g/mol. The smallest absolute Gasteiger partial charge is 0.250 e. The first-order chi connectivity index (χ1) is 18.7. The van der Waals surface area contributed by atoms with Gasteiger partial charge in [-0.1, -0.05) is 104 Å². The number of para-hydroxylation sites is 3. The number of hydrogen-bond acceptors (Lipinski definition) is 4. The van der Waals surface area contributed by atoms with Crippen molar-refractivity contribution in [1.82, 2.24) is 14.5 Å². The molecule has 0 aliphatic rings. The molecule has 0 aliphatic heterocycles. The molecule has 0 amide bonds. The van der Waals surface area contributed by atoms with Crippen LogP contribution in [0.5, 0.6) is 5.75 Å². The number of aromatic nitrogens is 2. The molecule has 1 unspecified atom stereocenters. The summed E-state index contributed by atoms with van der Waals surface area (Å²) in [6.07, 6.45) is 1.63. The van der Waals surface area contributed by atoms with E-state index in [0.29, 0.717) is 18.9 Å². The Hall–Kier alpha value is -4.22. The van der Waals surface area contributed by atoms with Crippen molar-refractivity contribution >= 4 is 16.9 Å². The molecule has 4 aromatic carbocycles. The van der Waals surface area contributed by atoms with Crippen molar-refractivity contribution in [2.45, 2.75) is 45.5 Å². The normalized spacial score (nSPS) is 12.1. The van der Waals surface area contributed by atoms with Gasteiger partial charge in [0.2, 0.25) is 5.91 Å². The number of imidazole rings is 1. The number of carbonyl (C=O) groups is 1. The lowest BCUT2D eigenvalue weighted by molar-refractivity contribution is 0.0683. The molecule has 5 rings (SSSR count). The van der Waals surface area contributed by atoms with E-state index >= 15 is 0 Å². The molecular weight excluding hydrogens is 470 g/mol. The van der Waals surface area contributed by atoms with E-state index in [1.54, 1.807) is 4.57 Å². The highest BCUT2D eigenvalue weighted by Crippen LogP contribution is 2.23. The van der Waals surface area contributed by atoms with E-state index in [9.17, 15) is 4.79 Å². The first-order valence-corrected chi connectivity index (χ1v) is 13.2. The fourth-order valence-corrected chi connectivity index (χ4v) is 4.88. The highest BCUT2D eigenvalue weighted by Gasteiger charge is 2.30. The Labute approximate surface area is 224 Å². The third-order valence-electron chi connectivity index (χ3n) is 6.71. The zero-order chi connectivity index (χ0) is 26.2. The van der Waals surface area contributed by atoms with Gasteiger partial charge in [0.15, 0.2) is 5.82 Å². The van der Waals surface area contributed by atoms with Crippen LogP contribution in [0, 0.1) is 0 Å². The Morgan fingerprint density at radius 1 is 0.789 bits per heavy atom. The van der Waals surface area contributed by atoms with E-state index in [4.69, 9.17) is 9.72 Å². The molecule has 5 aromatic rings. The van der Waals surface area contributed by atoms with E-state index in [0.717, 1.165) is 29.6 Å². The molecule has 0 saturated heterocycles. The highest BCUT2D eigenvalue weighted by atomic mass is 16.5. The Kier molecular flexibility index (Phi) is 8.26. The maximum absolute atomic E-state index is 14.5. The number of fused-ring (bicyclic) bond motifs is 1. The number of hydrogen-bond donors (Lipinski definition) is 0. The number of nitrogens with zero attached hydrogens (tertiary/aromatic N) is 3. The van der Waals surface area contributed by atoms with Crippen molar-refractivity contribution in [3.8, 4) is 5.75 Å². The summed E-state index contributed by atoms with van der Waals surface area (Å²) >= 11 is 0. The van der Waals surface area contributed by atoms with Crippen molar-refractivity contribution in [3.63, 3.8) is 0 Å². The van der Waals surface area contributed by atoms with Crippen LogP contribution in [-0.4, -0.2) is 26.4 Å². The third kappa shape index (κ3) is 6.01. The average Bonchev–Trinajstić information content (AvgIpc) is 3.34. The molecule has 0 radical (unpaired) electrons. The van der Waals surface area contributed by atoms with E-state index in [-0.39, 0.29) is 18.6 Å². The van der Waals surface area contributed by atoms with Crippen molar-refractivity contribution in [2.75, 3.05) is 0 Å². The maximum Gasteiger partial charge on any atom is 0.250 e. The molecule has 5 nitrogen and oxygen atoms in total. The summed E-state index contributed by atoms with van der Waals surface area (Å²) in [5.41, 5.74) is 3.96. The second-order valence-electron chi connectivity index (χ2n) is 9.47. The molecule has 0 spiro atoms. The molecule has 0 fully saturated rings. The van der Waals surface area contributed by atoms with Gasteiger partial charge in [-0.2, -0.15) is 0 Å². The minimum absolute atomic E-state index is 0.0269. The lowest BCUT2D eigenvalue weighted by atomic mass is 10.1. The van der Waals surface area contributed by atoms with Crippen molar-refractivity contribution in [2.24, 2.45) is 0 Å². The van der Waals surface area contributed by atoms with Crippen molar-refractivity contribution < 1.29 is 9.53 Å². The summed E-state index contributed by atoms with van der Waals surface area (Å²) in [5, 5.41) is 0. The standard InChI is InChI=1S/C33H33N3O2/c1-2-14-31(35(23-26-15-6-3-7-16-26)24-27-17-8-4-9-18-27)33(37)36-30-22-13-12-21-29(30)34-32(36)25-38-28-19-10-5-11-20-28/h3-13,15-22,31H,2,14,23-25H2,1H3. The van der Waals surface area contributed by atoms with Gasteiger partial charge in [0.25, 0.3) is 0 Å². The predicted octanol–water partition coefficient (Wildman–Crippen LogP) is 7.13. The van der Waals surface area contributed by atoms with Crippen LogP contribution in [0.15, 0.2) is 115 Å². The van der Waals surface area contributed by atoms with Crippen LogP contribution in [0.1, 0.15) is 41.5 Å². The van der Waals surface area contributed by atoms with Gasteiger partial charge >= 0.3 is 0 Å². The average molecular weight is 504 g/mol. The first-order valence-electron chi connectivity index (χ1n) is 13.2. The van der Waals surface area contributed by atoms with Crippen LogP contribution in [0.2, 0.25) is 0 Å².